The smallest absolute Gasteiger partial charge is 0.274 e. The number of piperidine rings is 1. The fraction of sp³-hybridized carbons (Fsp3) is 0.231. The molecular weight excluding hydrogens is 412 g/mol. The molecule has 2 aromatic carbocycles. The molecule has 0 atom stereocenters. The summed E-state index contributed by atoms with van der Waals surface area (Å²) in [5, 5.41) is 7.27. The minimum Gasteiger partial charge on any atom is -0.341 e. The SMILES string of the molecule is Cc1cc(Nc2ccc(NC(=O)c3ccc4ccccc4n3)cc2)nc(N2CCCCC2)n1. The molecule has 0 aliphatic carbocycles. The van der Waals surface area contributed by atoms with E-state index in [1.807, 2.05) is 67.6 Å². The molecule has 1 amide bonds. The predicted molar refractivity (Wildman–Crippen MR) is 132 cm³/mol. The lowest BCUT2D eigenvalue weighted by atomic mass is 10.1. The van der Waals surface area contributed by atoms with Gasteiger partial charge in [0.1, 0.15) is 11.5 Å². The molecular formula is C26H26N6O. The number of benzene rings is 2. The molecule has 1 saturated heterocycles. The maximum Gasteiger partial charge on any atom is 0.274 e. The Labute approximate surface area is 192 Å². The van der Waals surface area contributed by atoms with Gasteiger partial charge in [-0.25, -0.2) is 9.97 Å². The van der Waals surface area contributed by atoms with Gasteiger partial charge in [0.25, 0.3) is 5.91 Å². The minimum absolute atomic E-state index is 0.237. The highest BCUT2D eigenvalue weighted by molar-refractivity contribution is 6.04. The Morgan fingerprint density at radius 1 is 0.848 bits per heavy atom. The zero-order valence-corrected chi connectivity index (χ0v) is 18.6. The van der Waals surface area contributed by atoms with Crippen LogP contribution >= 0.6 is 0 Å². The summed E-state index contributed by atoms with van der Waals surface area (Å²) in [6.07, 6.45) is 3.64. The van der Waals surface area contributed by atoms with Crippen LogP contribution in [0, 0.1) is 6.92 Å². The van der Waals surface area contributed by atoms with Crippen LogP contribution in [0.3, 0.4) is 0 Å². The van der Waals surface area contributed by atoms with Crippen molar-refractivity contribution in [1.82, 2.24) is 15.0 Å². The molecule has 0 saturated carbocycles. The highest BCUT2D eigenvalue weighted by atomic mass is 16.1. The predicted octanol–water partition coefficient (Wildman–Crippen LogP) is 5.32. The standard InChI is InChI=1S/C26H26N6O/c1-18-17-24(31-26(27-18)32-15-5-2-6-16-32)28-20-10-12-21(13-11-20)29-25(33)23-14-9-19-7-3-4-8-22(19)30-23/h3-4,7-14,17H,2,5-6,15-16H2,1H3,(H,29,33)(H,27,28,31). The van der Waals surface area contributed by atoms with Crippen LogP contribution in [0.15, 0.2) is 66.7 Å². The molecule has 0 radical (unpaired) electrons. The molecule has 0 spiro atoms. The van der Waals surface area contributed by atoms with Gasteiger partial charge in [0.2, 0.25) is 5.95 Å². The van der Waals surface area contributed by atoms with Crippen molar-refractivity contribution in [3.63, 3.8) is 0 Å². The topological polar surface area (TPSA) is 83.0 Å². The third kappa shape index (κ3) is 4.92. The normalized spacial score (nSPS) is 13.7. The maximum atomic E-state index is 12.6. The summed E-state index contributed by atoms with van der Waals surface area (Å²) in [7, 11) is 0. The van der Waals surface area contributed by atoms with Crippen LogP contribution in [0.4, 0.5) is 23.1 Å². The zero-order valence-electron chi connectivity index (χ0n) is 18.6. The van der Waals surface area contributed by atoms with Gasteiger partial charge < -0.3 is 15.5 Å². The Hall–Kier alpha value is -4.00. The van der Waals surface area contributed by atoms with Crippen LogP contribution in [0.1, 0.15) is 35.4 Å². The van der Waals surface area contributed by atoms with E-state index in [4.69, 9.17) is 4.98 Å². The second-order valence-corrected chi connectivity index (χ2v) is 8.29. The highest BCUT2D eigenvalue weighted by Gasteiger charge is 2.15. The summed E-state index contributed by atoms with van der Waals surface area (Å²) < 4.78 is 0. The molecule has 2 N–H and O–H groups in total. The fourth-order valence-corrected chi connectivity index (χ4v) is 4.02. The third-order valence-corrected chi connectivity index (χ3v) is 5.73. The first-order chi connectivity index (χ1) is 16.1. The molecule has 3 heterocycles. The number of pyridine rings is 1. The number of amides is 1. The summed E-state index contributed by atoms with van der Waals surface area (Å²) in [5.74, 6) is 1.31. The van der Waals surface area contributed by atoms with Gasteiger partial charge in [-0.2, -0.15) is 4.98 Å². The average Bonchev–Trinajstić information content (AvgIpc) is 2.85. The number of para-hydroxylation sites is 1. The molecule has 5 rings (SSSR count). The first-order valence-corrected chi connectivity index (χ1v) is 11.3. The van der Waals surface area contributed by atoms with Gasteiger partial charge in [-0.15, -0.1) is 0 Å². The van der Waals surface area contributed by atoms with E-state index in [-0.39, 0.29) is 5.91 Å². The van der Waals surface area contributed by atoms with Crippen molar-refractivity contribution in [3.05, 3.63) is 78.1 Å². The van der Waals surface area contributed by atoms with Gasteiger partial charge in [0.05, 0.1) is 5.52 Å². The Morgan fingerprint density at radius 2 is 1.61 bits per heavy atom. The van der Waals surface area contributed by atoms with Gasteiger partial charge >= 0.3 is 0 Å². The van der Waals surface area contributed by atoms with Crippen LogP contribution in [0.5, 0.6) is 0 Å². The molecule has 0 unspecified atom stereocenters. The van der Waals surface area contributed by atoms with Crippen LogP contribution in [0.2, 0.25) is 0 Å². The molecule has 7 heteroatoms. The molecule has 1 fully saturated rings. The number of aromatic nitrogens is 3. The van der Waals surface area contributed by atoms with Gasteiger partial charge in [-0.1, -0.05) is 24.3 Å². The summed E-state index contributed by atoms with van der Waals surface area (Å²) in [5.41, 5.74) is 3.71. The molecule has 33 heavy (non-hydrogen) atoms. The number of fused-ring (bicyclic) bond motifs is 1. The third-order valence-electron chi connectivity index (χ3n) is 5.73. The number of carbonyl (C=O) groups excluding carboxylic acids is 1. The van der Waals surface area contributed by atoms with Crippen molar-refractivity contribution in [2.24, 2.45) is 0 Å². The quantitative estimate of drug-likeness (QED) is 0.439. The summed E-state index contributed by atoms with van der Waals surface area (Å²) in [6, 6.07) is 20.9. The maximum absolute atomic E-state index is 12.6. The molecule has 1 aliphatic heterocycles. The second-order valence-electron chi connectivity index (χ2n) is 8.29. The second kappa shape index (κ2) is 9.24. The van der Waals surface area contributed by atoms with Gasteiger partial charge in [-0.3, -0.25) is 4.79 Å². The number of anilines is 4. The molecule has 1 aliphatic rings. The molecule has 0 bridgehead atoms. The number of aryl methyl sites for hydroxylation is 1. The number of nitrogens with one attached hydrogen (secondary N) is 2. The minimum atomic E-state index is -0.237. The van der Waals surface area contributed by atoms with Crippen molar-refractivity contribution in [2.75, 3.05) is 28.6 Å². The Kier molecular flexibility index (Phi) is 5.85. The summed E-state index contributed by atoms with van der Waals surface area (Å²) in [4.78, 5) is 28.7. The number of nitrogens with zero attached hydrogens (tertiary/aromatic N) is 4. The zero-order chi connectivity index (χ0) is 22.6. The van der Waals surface area contributed by atoms with Crippen molar-refractivity contribution in [2.45, 2.75) is 26.2 Å². The van der Waals surface area contributed by atoms with E-state index in [1.165, 1.54) is 19.3 Å². The van der Waals surface area contributed by atoms with Gasteiger partial charge in [-0.05, 0) is 62.6 Å². The van der Waals surface area contributed by atoms with E-state index < -0.39 is 0 Å². The summed E-state index contributed by atoms with van der Waals surface area (Å²) >= 11 is 0. The molecule has 166 valence electrons. The lowest BCUT2D eigenvalue weighted by Gasteiger charge is -2.27. The summed E-state index contributed by atoms with van der Waals surface area (Å²) in [6.45, 7) is 3.99. The van der Waals surface area contributed by atoms with E-state index in [1.54, 1.807) is 6.07 Å². The van der Waals surface area contributed by atoms with Crippen LogP contribution in [-0.4, -0.2) is 33.9 Å². The number of carbonyl (C=O) groups is 1. The monoisotopic (exact) mass is 438 g/mol. The Morgan fingerprint density at radius 3 is 2.42 bits per heavy atom. The molecule has 7 nitrogen and oxygen atoms in total. The van der Waals surface area contributed by atoms with Crippen LogP contribution < -0.4 is 15.5 Å². The number of rotatable bonds is 5. The first-order valence-electron chi connectivity index (χ1n) is 11.3. The van der Waals surface area contributed by atoms with E-state index in [9.17, 15) is 4.79 Å². The Bertz CT molecular complexity index is 1280. The van der Waals surface area contributed by atoms with Crippen molar-refractivity contribution < 1.29 is 4.79 Å². The van der Waals surface area contributed by atoms with Crippen molar-refractivity contribution in [1.29, 1.82) is 0 Å². The lowest BCUT2D eigenvalue weighted by Crippen LogP contribution is -2.31. The largest absolute Gasteiger partial charge is 0.341 e. The van der Waals surface area contributed by atoms with E-state index in [0.717, 1.165) is 47.1 Å². The van der Waals surface area contributed by atoms with E-state index in [2.05, 4.69) is 25.5 Å². The molecule has 4 aromatic rings. The number of hydrogen-bond donors (Lipinski definition) is 2. The Balaban J connectivity index is 1.26. The highest BCUT2D eigenvalue weighted by Crippen LogP contribution is 2.22. The van der Waals surface area contributed by atoms with E-state index in [0.29, 0.717) is 11.4 Å². The number of hydrogen-bond acceptors (Lipinski definition) is 6. The van der Waals surface area contributed by atoms with Crippen molar-refractivity contribution >= 4 is 40.0 Å². The van der Waals surface area contributed by atoms with Gasteiger partial charge in [0.15, 0.2) is 0 Å². The molecule has 2 aromatic heterocycles. The average molecular weight is 439 g/mol. The van der Waals surface area contributed by atoms with Gasteiger partial charge in [0, 0.05) is 41.6 Å². The van der Waals surface area contributed by atoms with Crippen LogP contribution in [0.25, 0.3) is 10.9 Å². The van der Waals surface area contributed by atoms with E-state index >= 15 is 0 Å². The first kappa shape index (κ1) is 20.9. The van der Waals surface area contributed by atoms with Crippen molar-refractivity contribution in [3.8, 4) is 0 Å². The lowest BCUT2D eigenvalue weighted by molar-refractivity contribution is 0.102. The fourth-order valence-electron chi connectivity index (χ4n) is 4.02. The van der Waals surface area contributed by atoms with Crippen LogP contribution in [-0.2, 0) is 0 Å².